The molecule has 0 aliphatic heterocycles. The highest BCUT2D eigenvalue weighted by Crippen LogP contribution is 2.36. The Balaban J connectivity index is 1.29. The van der Waals surface area contributed by atoms with Crippen molar-refractivity contribution in [2.75, 3.05) is 17.7 Å². The number of nitrogens with one attached hydrogen (secondary N) is 3. The number of aryl methyl sites for hydroxylation is 1. The Morgan fingerprint density at radius 1 is 0.917 bits per heavy atom. The lowest BCUT2D eigenvalue weighted by Gasteiger charge is -2.14. The molecule has 48 heavy (non-hydrogen) atoms. The molecule has 3 amide bonds. The lowest BCUT2D eigenvalue weighted by Crippen LogP contribution is -2.30. The summed E-state index contributed by atoms with van der Waals surface area (Å²) in [5.41, 5.74) is 4.75. The maximum Gasteiger partial charge on any atom is 0.272 e. The molecule has 0 fully saturated rings. The van der Waals surface area contributed by atoms with Crippen molar-refractivity contribution in [2.45, 2.75) is 24.0 Å². The van der Waals surface area contributed by atoms with E-state index >= 15 is 0 Å². The van der Waals surface area contributed by atoms with Crippen LogP contribution in [-0.2, 0) is 9.59 Å². The first-order valence-corrected chi connectivity index (χ1v) is 16.7. The smallest absolute Gasteiger partial charge is 0.272 e. The molecule has 1 aromatic heterocycles. The summed E-state index contributed by atoms with van der Waals surface area (Å²) in [6.07, 6.45) is 1.56. The van der Waals surface area contributed by atoms with Crippen LogP contribution >= 0.6 is 23.1 Å². The van der Waals surface area contributed by atoms with Gasteiger partial charge < -0.3 is 20.7 Å². The van der Waals surface area contributed by atoms with Crippen LogP contribution in [0.4, 0.5) is 10.7 Å². The molecular formula is C38H32N4O4S2. The van der Waals surface area contributed by atoms with E-state index in [0.717, 1.165) is 21.6 Å². The number of carbonyl (C=O) groups is 3. The van der Waals surface area contributed by atoms with Crippen LogP contribution in [0.25, 0.3) is 17.2 Å². The zero-order valence-electron chi connectivity index (χ0n) is 26.4. The first kappa shape index (κ1) is 33.7. The minimum atomic E-state index is -0.538. The van der Waals surface area contributed by atoms with E-state index in [1.54, 1.807) is 73.7 Å². The number of carbonyl (C=O) groups excluding carboxylic acids is 3. The fourth-order valence-corrected chi connectivity index (χ4v) is 6.56. The van der Waals surface area contributed by atoms with E-state index < -0.39 is 17.1 Å². The predicted molar refractivity (Wildman–Crippen MR) is 193 cm³/mol. The summed E-state index contributed by atoms with van der Waals surface area (Å²) in [5, 5.41) is 20.3. The van der Waals surface area contributed by atoms with Crippen molar-refractivity contribution < 1.29 is 19.1 Å². The van der Waals surface area contributed by atoms with Crippen molar-refractivity contribution >= 4 is 57.6 Å². The number of hydrogen-bond donors (Lipinski definition) is 3. The number of thioether (sulfide) groups is 1. The van der Waals surface area contributed by atoms with Crippen LogP contribution in [-0.4, -0.2) is 30.1 Å². The van der Waals surface area contributed by atoms with Gasteiger partial charge in [0, 0.05) is 32.7 Å². The van der Waals surface area contributed by atoms with E-state index in [0.29, 0.717) is 33.1 Å². The van der Waals surface area contributed by atoms with Gasteiger partial charge in [-0.2, -0.15) is 5.26 Å². The van der Waals surface area contributed by atoms with Gasteiger partial charge in [0.2, 0.25) is 5.91 Å². The zero-order valence-corrected chi connectivity index (χ0v) is 28.1. The lowest BCUT2D eigenvalue weighted by atomic mass is 10.0. The Labute approximate surface area is 287 Å². The van der Waals surface area contributed by atoms with Gasteiger partial charge in [0.1, 0.15) is 22.5 Å². The Morgan fingerprint density at radius 3 is 2.38 bits per heavy atom. The summed E-state index contributed by atoms with van der Waals surface area (Å²) < 4.78 is 5.44. The minimum absolute atomic E-state index is 0.0217. The molecule has 4 aromatic carbocycles. The van der Waals surface area contributed by atoms with Crippen LogP contribution in [0.5, 0.6) is 5.75 Å². The van der Waals surface area contributed by atoms with Crippen molar-refractivity contribution in [1.82, 2.24) is 5.32 Å². The number of nitriles is 1. The molecule has 0 bridgehead atoms. The molecule has 0 saturated carbocycles. The number of para-hydroxylation sites is 1. The van der Waals surface area contributed by atoms with E-state index in [4.69, 9.17) is 4.74 Å². The fraction of sp³-hybridized carbons (Fsp3) is 0.105. The molecule has 0 spiro atoms. The van der Waals surface area contributed by atoms with Gasteiger partial charge in [-0.25, -0.2) is 0 Å². The van der Waals surface area contributed by atoms with Crippen molar-refractivity contribution in [1.29, 1.82) is 5.26 Å². The number of nitrogens with zero attached hydrogens (tertiary/aromatic N) is 1. The average Bonchev–Trinajstić information content (AvgIpc) is 3.51. The number of anilines is 2. The molecule has 8 nitrogen and oxygen atoms in total. The molecule has 0 aliphatic carbocycles. The monoisotopic (exact) mass is 672 g/mol. The molecule has 0 aliphatic rings. The third kappa shape index (κ3) is 8.39. The molecule has 1 unspecified atom stereocenters. The molecule has 240 valence electrons. The van der Waals surface area contributed by atoms with Gasteiger partial charge in [-0.3, -0.25) is 14.4 Å². The van der Waals surface area contributed by atoms with Crippen molar-refractivity contribution in [3.8, 4) is 22.9 Å². The third-order valence-electron chi connectivity index (χ3n) is 7.24. The molecule has 3 N–H and O–H groups in total. The molecule has 10 heteroatoms. The second-order valence-corrected chi connectivity index (χ2v) is 13.0. The van der Waals surface area contributed by atoms with Crippen LogP contribution < -0.4 is 20.7 Å². The molecule has 5 aromatic rings. The summed E-state index contributed by atoms with van der Waals surface area (Å²) in [7, 11) is 1.53. The SMILES string of the molecule is COc1ccccc1/C=C(/NC(=O)c1ccccc1)C(=O)Nc1cccc(SC(C)C(=O)Nc2scc(-c3ccc(C)cc3)c2C#N)c1. The maximum absolute atomic E-state index is 13.6. The van der Waals surface area contributed by atoms with Crippen LogP contribution in [0, 0.1) is 18.3 Å². The van der Waals surface area contributed by atoms with Crippen molar-refractivity contribution in [2.24, 2.45) is 0 Å². The maximum atomic E-state index is 13.6. The first-order chi connectivity index (χ1) is 23.2. The predicted octanol–water partition coefficient (Wildman–Crippen LogP) is 8.13. The van der Waals surface area contributed by atoms with Gasteiger partial charge >= 0.3 is 0 Å². The van der Waals surface area contributed by atoms with Crippen LogP contribution in [0.15, 0.2) is 119 Å². The second-order valence-electron chi connectivity index (χ2n) is 10.7. The van der Waals surface area contributed by atoms with E-state index in [2.05, 4.69) is 22.0 Å². The summed E-state index contributed by atoms with van der Waals surface area (Å²) in [5.74, 6) is -0.691. The largest absolute Gasteiger partial charge is 0.496 e. The number of rotatable bonds is 11. The standard InChI is InChI=1S/C38H32N4O4S2/c1-24-16-18-26(19-17-24)32-23-47-38(31(32)22-39)42-35(43)25(2)48-30-14-9-13-29(21-30)40-37(45)33(20-28-12-7-8-15-34(28)46-3)41-36(44)27-10-5-4-6-11-27/h4-21,23,25H,1-3H3,(H,40,45)(H,41,44)(H,42,43)/b33-20+. The number of benzene rings is 4. The normalized spacial score (nSPS) is 11.6. The molecule has 1 atom stereocenters. The summed E-state index contributed by atoms with van der Waals surface area (Å²) in [4.78, 5) is 40.6. The average molecular weight is 673 g/mol. The molecule has 0 saturated heterocycles. The van der Waals surface area contributed by atoms with Crippen LogP contribution in [0.3, 0.4) is 0 Å². The zero-order chi connectivity index (χ0) is 34.0. The van der Waals surface area contributed by atoms with Gasteiger partial charge in [-0.1, -0.05) is 72.3 Å². The molecule has 0 radical (unpaired) electrons. The summed E-state index contributed by atoms with van der Waals surface area (Å²) >= 11 is 2.63. The quantitative estimate of drug-likeness (QED) is 0.0963. The van der Waals surface area contributed by atoms with Gasteiger partial charge in [0.05, 0.1) is 17.9 Å². The first-order valence-electron chi connectivity index (χ1n) is 14.9. The van der Waals surface area contributed by atoms with Crippen molar-refractivity contribution in [3.63, 3.8) is 0 Å². The van der Waals surface area contributed by atoms with Gasteiger partial charge in [-0.05, 0) is 61.9 Å². The Kier molecular flexibility index (Phi) is 11.1. The Morgan fingerprint density at radius 2 is 1.65 bits per heavy atom. The van der Waals surface area contributed by atoms with Gasteiger partial charge in [0.25, 0.3) is 11.8 Å². The van der Waals surface area contributed by atoms with Crippen LogP contribution in [0.2, 0.25) is 0 Å². The Hall–Kier alpha value is -5.63. The minimum Gasteiger partial charge on any atom is -0.496 e. The molecular weight excluding hydrogens is 641 g/mol. The topological polar surface area (TPSA) is 120 Å². The number of ether oxygens (including phenoxy) is 1. The molecule has 5 rings (SSSR count). The van der Waals surface area contributed by atoms with E-state index in [-0.39, 0.29) is 11.6 Å². The number of hydrogen-bond acceptors (Lipinski definition) is 7. The highest BCUT2D eigenvalue weighted by atomic mass is 32.2. The number of thiophene rings is 1. The highest BCUT2D eigenvalue weighted by Gasteiger charge is 2.21. The lowest BCUT2D eigenvalue weighted by molar-refractivity contribution is -0.115. The summed E-state index contributed by atoms with van der Waals surface area (Å²) in [6.45, 7) is 3.78. The van der Waals surface area contributed by atoms with Crippen molar-refractivity contribution in [3.05, 3.63) is 136 Å². The van der Waals surface area contributed by atoms with E-state index in [9.17, 15) is 19.6 Å². The van der Waals surface area contributed by atoms with E-state index in [1.165, 1.54) is 30.2 Å². The fourth-order valence-electron chi connectivity index (χ4n) is 4.71. The Bertz CT molecular complexity index is 2010. The number of methoxy groups -OCH3 is 1. The molecule has 1 heterocycles. The van der Waals surface area contributed by atoms with Gasteiger partial charge in [-0.15, -0.1) is 23.1 Å². The highest BCUT2D eigenvalue weighted by molar-refractivity contribution is 8.00. The van der Waals surface area contributed by atoms with Gasteiger partial charge in [0.15, 0.2) is 0 Å². The number of amides is 3. The third-order valence-corrected chi connectivity index (χ3v) is 9.23. The summed E-state index contributed by atoms with van der Waals surface area (Å²) in [6, 6.07) is 33.0. The van der Waals surface area contributed by atoms with Crippen LogP contribution in [0.1, 0.15) is 34.0 Å². The van der Waals surface area contributed by atoms with E-state index in [1.807, 2.05) is 54.8 Å². The second kappa shape index (κ2) is 15.8.